The molecule has 0 bridgehead atoms. The lowest BCUT2D eigenvalue weighted by Gasteiger charge is -2.27. The lowest BCUT2D eigenvalue weighted by molar-refractivity contribution is 0.717. The van der Waals surface area contributed by atoms with Crippen LogP contribution in [0.5, 0.6) is 0 Å². The van der Waals surface area contributed by atoms with E-state index in [1.807, 2.05) is 20.8 Å². The number of terminal acetylenes is 2. The van der Waals surface area contributed by atoms with Crippen molar-refractivity contribution in [3.63, 3.8) is 0 Å². The Kier molecular flexibility index (Phi) is 10.9. The molecular formula is C31H37N. The van der Waals surface area contributed by atoms with E-state index in [4.69, 9.17) is 12.8 Å². The Balaban J connectivity index is 0.000000488. The number of allylic oxidation sites excluding steroid dienone is 2. The van der Waals surface area contributed by atoms with Gasteiger partial charge in [0.15, 0.2) is 0 Å². The number of benzene rings is 2. The molecule has 1 heteroatoms. The van der Waals surface area contributed by atoms with Crippen molar-refractivity contribution in [3.05, 3.63) is 89.0 Å². The first kappa shape index (κ1) is 26.6. The average molecular weight is 424 g/mol. The van der Waals surface area contributed by atoms with Gasteiger partial charge < -0.3 is 5.32 Å². The molecule has 0 aromatic heterocycles. The van der Waals surface area contributed by atoms with E-state index in [1.165, 1.54) is 30.4 Å². The van der Waals surface area contributed by atoms with Crippen molar-refractivity contribution in [2.45, 2.75) is 60.3 Å². The number of rotatable bonds is 5. The zero-order valence-electron chi connectivity index (χ0n) is 20.5. The van der Waals surface area contributed by atoms with E-state index < -0.39 is 0 Å². The number of aryl methyl sites for hydroxylation is 2. The molecule has 3 rings (SSSR count). The first-order valence-electron chi connectivity index (χ1n) is 11.3. The smallest absolute Gasteiger partial charge is 0.0493 e. The highest BCUT2D eigenvalue weighted by atomic mass is 14.9. The van der Waals surface area contributed by atoms with Crippen LogP contribution >= 0.6 is 0 Å². The van der Waals surface area contributed by atoms with Crippen molar-refractivity contribution in [2.24, 2.45) is 0 Å². The molecule has 0 saturated carbocycles. The molecule has 2 aromatic rings. The number of nitrogens with one attached hydrogen (secondary N) is 1. The summed E-state index contributed by atoms with van der Waals surface area (Å²) >= 11 is 0. The maximum absolute atomic E-state index is 5.79. The summed E-state index contributed by atoms with van der Waals surface area (Å²) < 4.78 is 0. The second-order valence-corrected chi connectivity index (χ2v) is 7.67. The molecule has 0 unspecified atom stereocenters. The van der Waals surface area contributed by atoms with E-state index in [-0.39, 0.29) is 0 Å². The molecule has 0 aliphatic carbocycles. The summed E-state index contributed by atoms with van der Waals surface area (Å²) in [5.41, 5.74) is 10.5. The van der Waals surface area contributed by atoms with Crippen molar-refractivity contribution >= 4 is 16.9 Å². The summed E-state index contributed by atoms with van der Waals surface area (Å²) in [5.74, 6) is 5.23. The fourth-order valence-electron chi connectivity index (χ4n) is 3.44. The SMILES string of the molecule is C#CC(=C)C(=C)C.C#Cc1cc(CCCCC)cc2c1C(=C)c1cccc(C)c1N2.CC. The number of fused-ring (bicyclic) bond motifs is 2. The molecule has 1 heterocycles. The van der Waals surface area contributed by atoms with Crippen LogP contribution in [0.25, 0.3) is 5.57 Å². The predicted molar refractivity (Wildman–Crippen MR) is 144 cm³/mol. The molecule has 1 aliphatic heterocycles. The van der Waals surface area contributed by atoms with Crippen LogP contribution in [0.4, 0.5) is 11.4 Å². The molecule has 0 fully saturated rings. The summed E-state index contributed by atoms with van der Waals surface area (Å²) in [6.07, 6.45) is 15.5. The molecule has 2 aromatic carbocycles. The highest BCUT2D eigenvalue weighted by molar-refractivity contribution is 5.98. The van der Waals surface area contributed by atoms with Crippen molar-refractivity contribution < 1.29 is 0 Å². The van der Waals surface area contributed by atoms with Gasteiger partial charge in [0.1, 0.15) is 0 Å². The van der Waals surface area contributed by atoms with Gasteiger partial charge in [-0.15, -0.1) is 12.8 Å². The predicted octanol–water partition coefficient (Wildman–Crippen LogP) is 8.61. The Morgan fingerprint density at radius 1 is 1.09 bits per heavy atom. The minimum atomic E-state index is 0.681. The van der Waals surface area contributed by atoms with Crippen LogP contribution in [-0.4, -0.2) is 0 Å². The number of para-hydroxylation sites is 1. The van der Waals surface area contributed by atoms with Gasteiger partial charge in [0, 0.05) is 33.6 Å². The summed E-state index contributed by atoms with van der Waals surface area (Å²) in [7, 11) is 0. The van der Waals surface area contributed by atoms with Crippen molar-refractivity contribution in [1.29, 1.82) is 0 Å². The molecule has 0 radical (unpaired) electrons. The first-order valence-corrected chi connectivity index (χ1v) is 11.3. The maximum atomic E-state index is 5.79. The van der Waals surface area contributed by atoms with Gasteiger partial charge in [-0.05, 0) is 61.1 Å². The lowest BCUT2D eigenvalue weighted by Crippen LogP contribution is -2.09. The van der Waals surface area contributed by atoms with E-state index in [9.17, 15) is 0 Å². The Labute approximate surface area is 196 Å². The fourth-order valence-corrected chi connectivity index (χ4v) is 3.44. The summed E-state index contributed by atoms with van der Waals surface area (Å²) in [6.45, 7) is 21.6. The molecule has 32 heavy (non-hydrogen) atoms. The van der Waals surface area contributed by atoms with Crippen LogP contribution in [0.15, 0.2) is 61.2 Å². The van der Waals surface area contributed by atoms with E-state index >= 15 is 0 Å². The van der Waals surface area contributed by atoms with Gasteiger partial charge in [0.05, 0.1) is 0 Å². The molecule has 0 spiro atoms. The molecular weight excluding hydrogens is 386 g/mol. The van der Waals surface area contributed by atoms with E-state index in [2.05, 4.69) is 81.1 Å². The molecule has 0 amide bonds. The van der Waals surface area contributed by atoms with Crippen LogP contribution in [0.2, 0.25) is 0 Å². The molecule has 1 aliphatic rings. The first-order chi connectivity index (χ1) is 15.3. The van der Waals surface area contributed by atoms with Crippen molar-refractivity contribution in [2.75, 3.05) is 5.32 Å². The minimum Gasteiger partial charge on any atom is -0.354 e. The normalized spacial score (nSPS) is 10.4. The van der Waals surface area contributed by atoms with Gasteiger partial charge >= 0.3 is 0 Å². The number of anilines is 2. The summed E-state index contributed by atoms with van der Waals surface area (Å²) in [6, 6.07) is 10.7. The Morgan fingerprint density at radius 3 is 2.31 bits per heavy atom. The zero-order valence-corrected chi connectivity index (χ0v) is 20.5. The Morgan fingerprint density at radius 2 is 1.78 bits per heavy atom. The number of hydrogen-bond acceptors (Lipinski definition) is 1. The van der Waals surface area contributed by atoms with Gasteiger partial charge in [-0.2, -0.15) is 0 Å². The van der Waals surface area contributed by atoms with Crippen molar-refractivity contribution in [3.8, 4) is 24.7 Å². The van der Waals surface area contributed by atoms with Gasteiger partial charge in [-0.25, -0.2) is 0 Å². The molecule has 1 nitrogen and oxygen atoms in total. The van der Waals surface area contributed by atoms with Crippen LogP contribution in [0.3, 0.4) is 0 Å². The summed E-state index contributed by atoms with van der Waals surface area (Å²) in [4.78, 5) is 0. The molecule has 0 atom stereocenters. The number of hydrogen-bond donors (Lipinski definition) is 1. The highest BCUT2D eigenvalue weighted by Gasteiger charge is 2.22. The average Bonchev–Trinajstić information content (AvgIpc) is 2.80. The quantitative estimate of drug-likeness (QED) is 0.246. The number of unbranched alkanes of at least 4 members (excludes halogenated alkanes) is 2. The van der Waals surface area contributed by atoms with Crippen molar-refractivity contribution in [1.82, 2.24) is 0 Å². The second-order valence-electron chi connectivity index (χ2n) is 7.67. The third-order valence-corrected chi connectivity index (χ3v) is 5.27. The Bertz CT molecular complexity index is 1070. The van der Waals surface area contributed by atoms with E-state index in [1.54, 1.807) is 0 Å². The van der Waals surface area contributed by atoms with Crippen LogP contribution in [0.1, 0.15) is 74.8 Å². The third-order valence-electron chi connectivity index (χ3n) is 5.27. The minimum absolute atomic E-state index is 0.681. The Hall–Kier alpha value is -3.42. The molecule has 1 N–H and O–H groups in total. The highest BCUT2D eigenvalue weighted by Crippen LogP contribution is 2.43. The standard InChI is InChI=1S/C22H23N.C7H8.C2H6/c1-5-7-8-11-17-13-18(6-2)21-16(4)19-12-9-10-15(3)22(19)23-20(21)14-17;1-5-7(4)6(2)3;1-2/h2,9-10,12-14,23H,4-5,7-8,11H2,1,3H3;1H,2,4H2,3H3;1-2H3. The van der Waals surface area contributed by atoms with Gasteiger partial charge in [0.2, 0.25) is 0 Å². The third kappa shape index (κ3) is 6.54. The van der Waals surface area contributed by atoms with Crippen LogP contribution in [-0.2, 0) is 6.42 Å². The van der Waals surface area contributed by atoms with Gasteiger partial charge in [-0.1, -0.05) is 83.4 Å². The van der Waals surface area contributed by atoms with Gasteiger partial charge in [0.25, 0.3) is 0 Å². The largest absolute Gasteiger partial charge is 0.354 e. The molecule has 166 valence electrons. The monoisotopic (exact) mass is 423 g/mol. The summed E-state index contributed by atoms with van der Waals surface area (Å²) in [5, 5.41) is 3.59. The van der Waals surface area contributed by atoms with E-state index in [0.717, 1.165) is 45.6 Å². The maximum Gasteiger partial charge on any atom is 0.0493 e. The van der Waals surface area contributed by atoms with Crippen LogP contribution in [0, 0.1) is 31.6 Å². The van der Waals surface area contributed by atoms with E-state index in [0.29, 0.717) is 5.57 Å². The second kappa shape index (κ2) is 13.1. The lowest BCUT2D eigenvalue weighted by atomic mass is 9.86. The topological polar surface area (TPSA) is 12.0 Å². The van der Waals surface area contributed by atoms with Gasteiger partial charge in [-0.3, -0.25) is 0 Å². The molecule has 0 saturated heterocycles. The zero-order chi connectivity index (χ0) is 24.3. The van der Waals surface area contributed by atoms with Crippen LogP contribution < -0.4 is 5.32 Å². The fraction of sp³-hybridized carbons (Fsp3) is 0.290.